The van der Waals surface area contributed by atoms with Crippen molar-refractivity contribution in [3.05, 3.63) is 35.9 Å². The summed E-state index contributed by atoms with van der Waals surface area (Å²) in [6.07, 6.45) is 5.50. The number of carbonyl (C=O) groups excluding carboxylic acids is 1. The van der Waals surface area contributed by atoms with Gasteiger partial charge in [0.25, 0.3) is 0 Å². The van der Waals surface area contributed by atoms with E-state index in [1.54, 1.807) is 0 Å². The molecule has 6 rings (SSSR count). The first-order chi connectivity index (χ1) is 14.0. The quantitative estimate of drug-likeness (QED) is 0.688. The Labute approximate surface area is 173 Å². The zero-order valence-corrected chi connectivity index (χ0v) is 17.5. The Hall–Kier alpha value is -1.43. The third kappa shape index (κ3) is 2.88. The van der Waals surface area contributed by atoms with Crippen molar-refractivity contribution >= 4 is 5.91 Å². The molecule has 158 valence electrons. The summed E-state index contributed by atoms with van der Waals surface area (Å²) in [6.45, 7) is 4.81. The second-order valence-electron chi connectivity index (χ2n) is 10.1. The predicted octanol–water partition coefficient (Wildman–Crippen LogP) is 2.38. The van der Waals surface area contributed by atoms with E-state index in [1.807, 2.05) is 6.92 Å². The molecule has 1 amide bonds. The van der Waals surface area contributed by atoms with Crippen LogP contribution in [0, 0.1) is 16.7 Å². The number of piperidine rings is 1. The Morgan fingerprint density at radius 3 is 2.83 bits per heavy atom. The lowest BCUT2D eigenvalue weighted by atomic mass is 9.63. The molecule has 29 heavy (non-hydrogen) atoms. The summed E-state index contributed by atoms with van der Waals surface area (Å²) in [4.78, 5) is 13.9. The molecule has 3 unspecified atom stereocenters. The van der Waals surface area contributed by atoms with Crippen molar-refractivity contribution in [3.8, 4) is 0 Å². The van der Waals surface area contributed by atoms with Gasteiger partial charge in [-0.05, 0) is 68.9 Å². The third-order valence-corrected chi connectivity index (χ3v) is 8.50. The summed E-state index contributed by atoms with van der Waals surface area (Å²) in [5.74, 6) is 0.755. The second kappa shape index (κ2) is 7.07. The van der Waals surface area contributed by atoms with E-state index in [4.69, 9.17) is 4.74 Å². The van der Waals surface area contributed by atoms with Crippen LogP contribution >= 0.6 is 0 Å². The first kappa shape index (κ1) is 19.5. The SMILES string of the molecule is CCOCC12CC3CC1(C(=O)N[C@@H]1CCNC[C@H]1O)C[C@@](c1ccccc1)(C3)C2. The largest absolute Gasteiger partial charge is 0.390 e. The van der Waals surface area contributed by atoms with Crippen LogP contribution in [0.25, 0.3) is 0 Å². The second-order valence-corrected chi connectivity index (χ2v) is 10.1. The van der Waals surface area contributed by atoms with Crippen LogP contribution in [0.5, 0.6) is 0 Å². The predicted molar refractivity (Wildman–Crippen MR) is 111 cm³/mol. The average Bonchev–Trinajstić information content (AvgIpc) is 3.08. The first-order valence-electron chi connectivity index (χ1n) is 11.4. The van der Waals surface area contributed by atoms with Crippen LogP contribution in [0.1, 0.15) is 51.0 Å². The Bertz CT molecular complexity index is 771. The number of aliphatic hydroxyl groups excluding tert-OH is 1. The third-order valence-electron chi connectivity index (χ3n) is 8.50. The molecule has 4 aliphatic carbocycles. The van der Waals surface area contributed by atoms with Crippen molar-refractivity contribution < 1.29 is 14.6 Å². The summed E-state index contributed by atoms with van der Waals surface area (Å²) in [6, 6.07) is 10.7. The highest BCUT2D eigenvalue weighted by atomic mass is 16.5. The van der Waals surface area contributed by atoms with Gasteiger partial charge in [-0.15, -0.1) is 0 Å². The Balaban J connectivity index is 1.49. The number of carbonyl (C=O) groups is 1. The molecule has 1 aliphatic heterocycles. The molecule has 5 fully saturated rings. The van der Waals surface area contributed by atoms with E-state index in [-0.39, 0.29) is 28.2 Å². The van der Waals surface area contributed by atoms with Crippen LogP contribution in [-0.4, -0.2) is 49.5 Å². The van der Waals surface area contributed by atoms with Crippen molar-refractivity contribution in [3.63, 3.8) is 0 Å². The van der Waals surface area contributed by atoms with Crippen molar-refractivity contribution in [2.24, 2.45) is 16.7 Å². The minimum Gasteiger partial charge on any atom is -0.390 e. The highest BCUT2D eigenvalue weighted by molar-refractivity contribution is 5.86. The molecule has 3 N–H and O–H groups in total. The molecular weight excluding hydrogens is 364 g/mol. The Kier molecular flexibility index (Phi) is 4.76. The summed E-state index contributed by atoms with van der Waals surface area (Å²) in [7, 11) is 0. The maximum Gasteiger partial charge on any atom is 0.227 e. The van der Waals surface area contributed by atoms with Gasteiger partial charge >= 0.3 is 0 Å². The molecule has 5 nitrogen and oxygen atoms in total. The van der Waals surface area contributed by atoms with Crippen molar-refractivity contribution in [1.29, 1.82) is 0 Å². The van der Waals surface area contributed by atoms with E-state index < -0.39 is 6.10 Å². The molecule has 5 aliphatic rings. The summed E-state index contributed by atoms with van der Waals surface area (Å²) in [5, 5.41) is 16.9. The summed E-state index contributed by atoms with van der Waals surface area (Å²) < 4.78 is 6.02. The topological polar surface area (TPSA) is 70.6 Å². The van der Waals surface area contributed by atoms with Gasteiger partial charge in [0.15, 0.2) is 0 Å². The maximum absolute atomic E-state index is 13.9. The van der Waals surface area contributed by atoms with Crippen LogP contribution in [0.15, 0.2) is 30.3 Å². The molecule has 0 spiro atoms. The Morgan fingerprint density at radius 2 is 2.07 bits per heavy atom. The van der Waals surface area contributed by atoms with Gasteiger partial charge in [0.05, 0.1) is 24.2 Å². The lowest BCUT2D eigenvalue weighted by Crippen LogP contribution is -2.57. The first-order valence-corrected chi connectivity index (χ1v) is 11.4. The molecule has 1 saturated heterocycles. The fourth-order valence-corrected chi connectivity index (χ4v) is 7.55. The molecule has 1 aromatic carbocycles. The molecule has 4 bridgehead atoms. The lowest BCUT2D eigenvalue weighted by molar-refractivity contribution is -0.140. The smallest absolute Gasteiger partial charge is 0.227 e. The van der Waals surface area contributed by atoms with Crippen LogP contribution < -0.4 is 10.6 Å². The highest BCUT2D eigenvalue weighted by Crippen LogP contribution is 2.76. The standard InChI is InChI=1S/C24H34N2O3/c1-2-29-16-23-11-17-10-22(14-23,18-6-4-3-5-7-18)15-24(23,12-17)21(28)26-19-8-9-25-13-20(19)27/h3-7,17,19-20,25,27H,2,8-16H2,1H3,(H,26,28)/t17?,19-,20-,22-,23?,24?/m1/s1. The number of β-amino-alcohol motifs (C(OH)–C–C–N with tert-alkyl or cyclic N) is 1. The fraction of sp³-hybridized carbons (Fsp3) is 0.708. The number of rotatable bonds is 6. The van der Waals surface area contributed by atoms with Gasteiger partial charge in [-0.3, -0.25) is 4.79 Å². The Morgan fingerprint density at radius 1 is 1.24 bits per heavy atom. The average molecular weight is 399 g/mol. The van der Waals surface area contributed by atoms with Gasteiger partial charge < -0.3 is 20.5 Å². The molecule has 1 aromatic rings. The van der Waals surface area contributed by atoms with Gasteiger partial charge in [-0.1, -0.05) is 30.3 Å². The van der Waals surface area contributed by atoms with Crippen LogP contribution in [0.2, 0.25) is 0 Å². The zero-order chi connectivity index (χ0) is 20.1. The monoisotopic (exact) mass is 398 g/mol. The van der Waals surface area contributed by atoms with Crippen LogP contribution in [-0.2, 0) is 14.9 Å². The van der Waals surface area contributed by atoms with Gasteiger partial charge in [0.1, 0.15) is 0 Å². The summed E-state index contributed by atoms with van der Waals surface area (Å²) in [5.41, 5.74) is 1.03. The molecular formula is C24H34N2O3. The number of aliphatic hydroxyl groups is 1. The van der Waals surface area contributed by atoms with Crippen molar-refractivity contribution in [1.82, 2.24) is 10.6 Å². The van der Waals surface area contributed by atoms with E-state index in [2.05, 4.69) is 41.0 Å². The maximum atomic E-state index is 13.9. The van der Waals surface area contributed by atoms with Crippen molar-refractivity contribution in [2.75, 3.05) is 26.3 Å². The molecule has 1 heterocycles. The van der Waals surface area contributed by atoms with E-state index in [9.17, 15) is 9.90 Å². The van der Waals surface area contributed by atoms with E-state index in [1.165, 1.54) is 12.0 Å². The van der Waals surface area contributed by atoms with Gasteiger partial charge in [0.2, 0.25) is 5.91 Å². The number of amides is 1. The number of hydrogen-bond donors (Lipinski definition) is 3. The molecule has 5 heteroatoms. The van der Waals surface area contributed by atoms with E-state index >= 15 is 0 Å². The number of benzene rings is 1. The lowest BCUT2D eigenvalue weighted by Gasteiger charge is -2.41. The van der Waals surface area contributed by atoms with E-state index in [0.29, 0.717) is 25.7 Å². The normalized spacial score (nSPS) is 42.9. The van der Waals surface area contributed by atoms with Gasteiger partial charge in [-0.2, -0.15) is 0 Å². The van der Waals surface area contributed by atoms with E-state index in [0.717, 1.165) is 38.6 Å². The minimum atomic E-state index is -0.509. The summed E-state index contributed by atoms with van der Waals surface area (Å²) >= 11 is 0. The number of ether oxygens (including phenoxy) is 1. The number of nitrogens with one attached hydrogen (secondary N) is 2. The van der Waals surface area contributed by atoms with Crippen molar-refractivity contribution in [2.45, 2.75) is 63.0 Å². The fourth-order valence-electron chi connectivity index (χ4n) is 7.55. The van der Waals surface area contributed by atoms with Crippen LogP contribution in [0.3, 0.4) is 0 Å². The zero-order valence-electron chi connectivity index (χ0n) is 17.5. The molecule has 0 radical (unpaired) electrons. The van der Waals surface area contributed by atoms with Gasteiger partial charge in [0, 0.05) is 18.6 Å². The molecule has 0 aromatic heterocycles. The molecule has 6 atom stereocenters. The highest BCUT2D eigenvalue weighted by Gasteiger charge is 2.74. The van der Waals surface area contributed by atoms with Gasteiger partial charge in [-0.25, -0.2) is 0 Å². The molecule has 4 saturated carbocycles. The van der Waals surface area contributed by atoms with Crippen LogP contribution in [0.4, 0.5) is 0 Å². The minimum absolute atomic E-state index is 0.0796. The number of hydrogen-bond acceptors (Lipinski definition) is 4.